The van der Waals surface area contributed by atoms with Gasteiger partial charge in [0.2, 0.25) is 0 Å². The van der Waals surface area contributed by atoms with Crippen LogP contribution in [0.2, 0.25) is 0 Å². The molecule has 5 heteroatoms. The Morgan fingerprint density at radius 2 is 2.00 bits per heavy atom. The van der Waals surface area contributed by atoms with Crippen LogP contribution < -0.4 is 9.47 Å². The molecule has 1 amide bonds. The van der Waals surface area contributed by atoms with Crippen LogP contribution in [0.25, 0.3) is 0 Å². The monoisotopic (exact) mass is 303 g/mol. The minimum atomic E-state index is -0.101. The van der Waals surface area contributed by atoms with Crippen molar-refractivity contribution in [3.05, 3.63) is 47.4 Å². The van der Waals surface area contributed by atoms with Crippen molar-refractivity contribution in [1.82, 2.24) is 4.90 Å². The quantitative estimate of drug-likeness (QED) is 0.822. The summed E-state index contributed by atoms with van der Waals surface area (Å²) in [5.41, 5.74) is 0.547. The predicted molar refractivity (Wildman–Crippen MR) is 83.4 cm³/mol. The van der Waals surface area contributed by atoms with Gasteiger partial charge in [0.25, 0.3) is 5.91 Å². The highest BCUT2D eigenvalue weighted by atomic mass is 16.5. The maximum Gasteiger partial charge on any atom is 0.254 e. The van der Waals surface area contributed by atoms with Gasteiger partial charge in [-0.15, -0.1) is 0 Å². The molecule has 0 radical (unpaired) electrons. The minimum Gasteiger partial charge on any atom is -0.493 e. The Labute approximate surface area is 130 Å². The molecule has 2 rings (SSSR count). The Morgan fingerprint density at radius 3 is 2.59 bits per heavy atom. The molecule has 1 aromatic heterocycles. The van der Waals surface area contributed by atoms with E-state index in [0.717, 1.165) is 11.5 Å². The zero-order valence-corrected chi connectivity index (χ0v) is 13.4. The van der Waals surface area contributed by atoms with Crippen LogP contribution in [0.4, 0.5) is 0 Å². The Kier molecular flexibility index (Phi) is 5.09. The van der Waals surface area contributed by atoms with Gasteiger partial charge in [-0.1, -0.05) is 0 Å². The van der Waals surface area contributed by atoms with Crippen molar-refractivity contribution in [3.8, 4) is 11.5 Å². The van der Waals surface area contributed by atoms with E-state index in [1.165, 1.54) is 0 Å². The second-order valence-corrected chi connectivity index (χ2v) is 4.97. The summed E-state index contributed by atoms with van der Waals surface area (Å²) in [6.45, 7) is 4.74. The molecular formula is C17H21NO4. The van der Waals surface area contributed by atoms with Crippen LogP contribution in [-0.4, -0.2) is 31.6 Å². The van der Waals surface area contributed by atoms with Gasteiger partial charge in [0.05, 0.1) is 20.3 Å². The molecule has 0 bridgehead atoms. The number of rotatable bonds is 6. The van der Waals surface area contributed by atoms with Gasteiger partial charge in [-0.2, -0.15) is 0 Å². The molecule has 0 aliphatic carbocycles. The van der Waals surface area contributed by atoms with Crippen LogP contribution in [0, 0.1) is 6.92 Å². The maximum atomic E-state index is 12.5. The lowest BCUT2D eigenvalue weighted by molar-refractivity contribution is 0.0774. The molecule has 1 heterocycles. The number of aryl methyl sites for hydroxylation is 1. The van der Waals surface area contributed by atoms with Crippen LogP contribution in [0.15, 0.2) is 34.7 Å². The molecule has 0 aliphatic heterocycles. The summed E-state index contributed by atoms with van der Waals surface area (Å²) in [7, 11) is 3.30. The number of carbonyl (C=O) groups excluding carboxylic acids is 1. The SMILES string of the molecule is CCOc1ccc(C(=O)N(C)Cc2ccc(C)o2)cc1OC. The Balaban J connectivity index is 2.14. The highest BCUT2D eigenvalue weighted by Crippen LogP contribution is 2.28. The molecule has 0 unspecified atom stereocenters. The highest BCUT2D eigenvalue weighted by Gasteiger charge is 2.16. The molecule has 0 saturated carbocycles. The minimum absolute atomic E-state index is 0.101. The lowest BCUT2D eigenvalue weighted by atomic mass is 10.1. The Hall–Kier alpha value is -2.43. The molecular weight excluding hydrogens is 282 g/mol. The van der Waals surface area contributed by atoms with E-state index in [4.69, 9.17) is 13.9 Å². The van der Waals surface area contributed by atoms with E-state index in [1.807, 2.05) is 26.0 Å². The molecule has 0 aliphatic rings. The number of hydrogen-bond donors (Lipinski definition) is 0. The van der Waals surface area contributed by atoms with Crippen LogP contribution in [0.1, 0.15) is 28.8 Å². The second-order valence-electron chi connectivity index (χ2n) is 4.97. The van der Waals surface area contributed by atoms with Crippen molar-refractivity contribution >= 4 is 5.91 Å². The molecule has 0 saturated heterocycles. The van der Waals surface area contributed by atoms with Crippen molar-refractivity contribution in [2.24, 2.45) is 0 Å². The second kappa shape index (κ2) is 7.02. The third kappa shape index (κ3) is 3.61. The fraction of sp³-hybridized carbons (Fsp3) is 0.353. The van der Waals surface area contributed by atoms with Crippen molar-refractivity contribution < 1.29 is 18.7 Å². The van der Waals surface area contributed by atoms with Gasteiger partial charge in [0, 0.05) is 12.6 Å². The summed E-state index contributed by atoms with van der Waals surface area (Å²) in [5, 5.41) is 0. The lowest BCUT2D eigenvalue weighted by Crippen LogP contribution is -2.26. The molecule has 118 valence electrons. The van der Waals surface area contributed by atoms with Gasteiger partial charge >= 0.3 is 0 Å². The first kappa shape index (κ1) is 15.9. The number of hydrogen-bond acceptors (Lipinski definition) is 4. The zero-order chi connectivity index (χ0) is 16.1. The Bertz CT molecular complexity index is 648. The van der Waals surface area contributed by atoms with Crippen LogP contribution >= 0.6 is 0 Å². The van der Waals surface area contributed by atoms with Gasteiger partial charge in [-0.05, 0) is 44.2 Å². The van der Waals surface area contributed by atoms with Gasteiger partial charge in [-0.3, -0.25) is 4.79 Å². The first-order valence-corrected chi connectivity index (χ1v) is 7.16. The number of ether oxygens (including phenoxy) is 2. The summed E-state index contributed by atoms with van der Waals surface area (Å²) in [6.07, 6.45) is 0. The van der Waals surface area contributed by atoms with Gasteiger partial charge in [-0.25, -0.2) is 0 Å². The summed E-state index contributed by atoms with van der Waals surface area (Å²) in [6, 6.07) is 8.93. The van der Waals surface area contributed by atoms with Crippen LogP contribution in [0.3, 0.4) is 0 Å². The van der Waals surface area contributed by atoms with E-state index in [-0.39, 0.29) is 5.91 Å². The fourth-order valence-electron chi connectivity index (χ4n) is 2.17. The molecule has 0 atom stereocenters. The third-order valence-electron chi connectivity index (χ3n) is 3.25. The maximum absolute atomic E-state index is 12.5. The van der Waals surface area contributed by atoms with E-state index in [9.17, 15) is 4.79 Å². The first-order valence-electron chi connectivity index (χ1n) is 7.16. The van der Waals surface area contributed by atoms with Crippen LogP contribution in [-0.2, 0) is 6.54 Å². The summed E-state index contributed by atoms with van der Waals surface area (Å²) < 4.78 is 16.2. The number of nitrogens with zero attached hydrogens (tertiary/aromatic N) is 1. The summed E-state index contributed by atoms with van der Waals surface area (Å²) in [5.74, 6) is 2.67. The van der Waals surface area contributed by atoms with Crippen molar-refractivity contribution in [3.63, 3.8) is 0 Å². The van der Waals surface area contributed by atoms with Gasteiger partial charge in [0.1, 0.15) is 11.5 Å². The van der Waals surface area contributed by atoms with E-state index in [2.05, 4.69) is 0 Å². The third-order valence-corrected chi connectivity index (χ3v) is 3.25. The van der Waals surface area contributed by atoms with Crippen molar-refractivity contribution in [2.75, 3.05) is 20.8 Å². The van der Waals surface area contributed by atoms with E-state index in [1.54, 1.807) is 37.3 Å². The average Bonchev–Trinajstić information content (AvgIpc) is 2.92. The lowest BCUT2D eigenvalue weighted by Gasteiger charge is -2.17. The fourth-order valence-corrected chi connectivity index (χ4v) is 2.17. The normalized spacial score (nSPS) is 10.4. The first-order chi connectivity index (χ1) is 10.5. The molecule has 5 nitrogen and oxygen atoms in total. The van der Waals surface area contributed by atoms with Crippen molar-refractivity contribution in [2.45, 2.75) is 20.4 Å². The number of carbonyl (C=O) groups is 1. The summed E-state index contributed by atoms with van der Waals surface area (Å²) >= 11 is 0. The topological polar surface area (TPSA) is 51.9 Å². The molecule has 0 fully saturated rings. The number of benzene rings is 1. The standard InChI is InChI=1S/C17H21NO4/c1-5-21-15-9-7-13(10-16(15)20-4)17(19)18(3)11-14-8-6-12(2)22-14/h6-10H,5,11H2,1-4H3. The highest BCUT2D eigenvalue weighted by molar-refractivity contribution is 5.94. The van der Waals surface area contributed by atoms with Gasteiger partial charge < -0.3 is 18.8 Å². The number of furan rings is 1. The smallest absolute Gasteiger partial charge is 0.254 e. The van der Waals surface area contributed by atoms with E-state index >= 15 is 0 Å². The number of methoxy groups -OCH3 is 1. The summed E-state index contributed by atoms with van der Waals surface area (Å²) in [4.78, 5) is 14.1. The average molecular weight is 303 g/mol. The molecule has 22 heavy (non-hydrogen) atoms. The van der Waals surface area contributed by atoms with E-state index in [0.29, 0.717) is 30.2 Å². The zero-order valence-electron chi connectivity index (χ0n) is 13.4. The van der Waals surface area contributed by atoms with Crippen LogP contribution in [0.5, 0.6) is 11.5 Å². The Morgan fingerprint density at radius 1 is 1.23 bits per heavy atom. The largest absolute Gasteiger partial charge is 0.493 e. The van der Waals surface area contributed by atoms with E-state index < -0.39 is 0 Å². The number of amides is 1. The molecule has 1 aromatic carbocycles. The van der Waals surface area contributed by atoms with Crippen molar-refractivity contribution in [1.29, 1.82) is 0 Å². The molecule has 0 N–H and O–H groups in total. The molecule has 0 spiro atoms. The predicted octanol–water partition coefficient (Wildman–Crippen LogP) is 3.27. The molecule has 2 aromatic rings. The van der Waals surface area contributed by atoms with Gasteiger partial charge in [0.15, 0.2) is 11.5 Å².